The van der Waals surface area contributed by atoms with Gasteiger partial charge in [0, 0.05) is 6.42 Å². The lowest BCUT2D eigenvalue weighted by Gasteiger charge is -2.26. The van der Waals surface area contributed by atoms with Gasteiger partial charge in [-0.2, -0.15) is 0 Å². The quantitative estimate of drug-likeness (QED) is 0.545. The van der Waals surface area contributed by atoms with E-state index in [0.29, 0.717) is 6.42 Å². The Balaban J connectivity index is 0.000000461. The SMILES string of the molecule is C=C.OC1CCCCC1(F)F. The maximum absolute atomic E-state index is 12.3. The lowest BCUT2D eigenvalue weighted by Crippen LogP contribution is -2.36. The van der Waals surface area contributed by atoms with Gasteiger partial charge in [0.25, 0.3) is 5.92 Å². The van der Waals surface area contributed by atoms with E-state index in [2.05, 4.69) is 13.2 Å². The average Bonchev–Trinajstić information content (AvgIpc) is 2.00. The van der Waals surface area contributed by atoms with Gasteiger partial charge in [-0.1, -0.05) is 6.42 Å². The molecule has 0 amide bonds. The summed E-state index contributed by atoms with van der Waals surface area (Å²) in [5.74, 6) is -2.81. The molecule has 0 aliphatic heterocycles. The van der Waals surface area contributed by atoms with Crippen LogP contribution in [0.25, 0.3) is 0 Å². The van der Waals surface area contributed by atoms with Crippen LogP contribution < -0.4 is 0 Å². The standard InChI is InChI=1S/C6H10F2O.C2H4/c7-6(8)4-2-1-3-5(6)9;1-2/h5,9H,1-4H2;1-2H2. The van der Waals surface area contributed by atoms with E-state index in [4.69, 9.17) is 5.11 Å². The molecule has 0 saturated heterocycles. The molecule has 1 fully saturated rings. The van der Waals surface area contributed by atoms with Crippen molar-refractivity contribution in [2.24, 2.45) is 0 Å². The van der Waals surface area contributed by atoms with Crippen LogP contribution in [-0.4, -0.2) is 17.1 Å². The molecule has 0 aromatic heterocycles. The van der Waals surface area contributed by atoms with E-state index >= 15 is 0 Å². The van der Waals surface area contributed by atoms with E-state index in [1.165, 1.54) is 0 Å². The lowest BCUT2D eigenvalue weighted by molar-refractivity contribution is -0.130. The molecule has 1 saturated carbocycles. The zero-order valence-electron chi connectivity index (χ0n) is 6.52. The van der Waals surface area contributed by atoms with Gasteiger partial charge in [-0.3, -0.25) is 0 Å². The molecule has 0 spiro atoms. The van der Waals surface area contributed by atoms with Crippen molar-refractivity contribution in [3.05, 3.63) is 13.2 Å². The summed E-state index contributed by atoms with van der Waals surface area (Å²) in [5, 5.41) is 8.69. The minimum atomic E-state index is -2.81. The summed E-state index contributed by atoms with van der Waals surface area (Å²) in [5.41, 5.74) is 0. The smallest absolute Gasteiger partial charge is 0.273 e. The maximum atomic E-state index is 12.3. The molecule has 0 radical (unpaired) electrons. The summed E-state index contributed by atoms with van der Waals surface area (Å²) >= 11 is 0. The molecule has 1 N–H and O–H groups in total. The summed E-state index contributed by atoms with van der Waals surface area (Å²) in [4.78, 5) is 0. The molecule has 3 heteroatoms. The van der Waals surface area contributed by atoms with Crippen molar-refractivity contribution >= 4 is 0 Å². The third-order valence-corrected chi connectivity index (χ3v) is 1.73. The van der Waals surface area contributed by atoms with Gasteiger partial charge in [0.1, 0.15) is 6.10 Å². The van der Waals surface area contributed by atoms with Crippen LogP contribution in [0.15, 0.2) is 13.2 Å². The third kappa shape index (κ3) is 2.97. The fourth-order valence-electron chi connectivity index (χ4n) is 1.08. The van der Waals surface area contributed by atoms with Crippen LogP contribution >= 0.6 is 0 Å². The fourth-order valence-corrected chi connectivity index (χ4v) is 1.08. The first-order valence-electron chi connectivity index (χ1n) is 3.69. The van der Waals surface area contributed by atoms with Crippen molar-refractivity contribution in [1.29, 1.82) is 0 Å². The first-order chi connectivity index (χ1) is 5.13. The van der Waals surface area contributed by atoms with Gasteiger partial charge in [-0.15, -0.1) is 13.2 Å². The van der Waals surface area contributed by atoms with Gasteiger partial charge in [0.05, 0.1) is 0 Å². The number of hydrogen-bond donors (Lipinski definition) is 1. The normalized spacial score (nSPS) is 28.5. The second-order valence-electron chi connectivity index (χ2n) is 2.52. The Morgan fingerprint density at radius 2 is 1.82 bits per heavy atom. The highest BCUT2D eigenvalue weighted by molar-refractivity contribution is 4.80. The lowest BCUT2D eigenvalue weighted by atomic mass is 9.94. The molecule has 1 nitrogen and oxygen atoms in total. The van der Waals surface area contributed by atoms with Crippen LogP contribution in [0.5, 0.6) is 0 Å². The maximum Gasteiger partial charge on any atom is 0.273 e. The van der Waals surface area contributed by atoms with Crippen molar-refractivity contribution in [2.75, 3.05) is 0 Å². The molecular weight excluding hydrogens is 150 g/mol. The molecule has 0 aromatic carbocycles. The summed E-state index contributed by atoms with van der Waals surface area (Å²) in [6, 6.07) is 0. The Labute approximate surface area is 65.7 Å². The zero-order chi connectivity index (χ0) is 8.91. The van der Waals surface area contributed by atoms with E-state index in [1.54, 1.807) is 0 Å². The van der Waals surface area contributed by atoms with Gasteiger partial charge in [0.15, 0.2) is 0 Å². The third-order valence-electron chi connectivity index (χ3n) is 1.73. The molecule has 1 aliphatic rings. The van der Waals surface area contributed by atoms with Crippen molar-refractivity contribution in [3.63, 3.8) is 0 Å². The van der Waals surface area contributed by atoms with Crippen molar-refractivity contribution < 1.29 is 13.9 Å². The molecular formula is C8H14F2O. The number of halogens is 2. The Morgan fingerprint density at radius 3 is 2.09 bits per heavy atom. The number of hydrogen-bond acceptors (Lipinski definition) is 1. The van der Waals surface area contributed by atoms with Gasteiger partial charge in [-0.05, 0) is 12.8 Å². The highest BCUT2D eigenvalue weighted by Gasteiger charge is 2.39. The summed E-state index contributed by atoms with van der Waals surface area (Å²) < 4.78 is 24.7. The van der Waals surface area contributed by atoms with Crippen LogP contribution in [-0.2, 0) is 0 Å². The Bertz CT molecular complexity index is 115. The second kappa shape index (κ2) is 4.44. The molecule has 0 bridgehead atoms. The molecule has 66 valence electrons. The summed E-state index contributed by atoms with van der Waals surface area (Å²) in [6.07, 6.45) is 0.00775. The van der Waals surface area contributed by atoms with Gasteiger partial charge in [0.2, 0.25) is 0 Å². The highest BCUT2D eigenvalue weighted by Crippen LogP contribution is 2.32. The van der Waals surface area contributed by atoms with E-state index in [0.717, 1.165) is 6.42 Å². The van der Waals surface area contributed by atoms with Crippen LogP contribution in [0.4, 0.5) is 8.78 Å². The summed E-state index contributed by atoms with van der Waals surface area (Å²) in [7, 11) is 0. The van der Waals surface area contributed by atoms with Gasteiger partial charge >= 0.3 is 0 Å². The van der Waals surface area contributed by atoms with Crippen LogP contribution in [0.1, 0.15) is 25.7 Å². The zero-order valence-corrected chi connectivity index (χ0v) is 6.52. The molecule has 11 heavy (non-hydrogen) atoms. The predicted molar refractivity (Wildman–Crippen MR) is 40.7 cm³/mol. The fraction of sp³-hybridized carbons (Fsp3) is 0.750. The van der Waals surface area contributed by atoms with Crippen molar-refractivity contribution in [3.8, 4) is 0 Å². The Morgan fingerprint density at radius 1 is 1.27 bits per heavy atom. The molecule has 1 unspecified atom stereocenters. The van der Waals surface area contributed by atoms with E-state index in [9.17, 15) is 8.78 Å². The molecule has 1 rings (SSSR count). The minimum Gasteiger partial charge on any atom is -0.387 e. The van der Waals surface area contributed by atoms with E-state index in [1.807, 2.05) is 0 Å². The Kier molecular flexibility index (Phi) is 4.26. The molecule has 1 aliphatic carbocycles. The van der Waals surface area contributed by atoms with Gasteiger partial charge in [-0.25, -0.2) is 8.78 Å². The highest BCUT2D eigenvalue weighted by atomic mass is 19.3. The van der Waals surface area contributed by atoms with Crippen molar-refractivity contribution in [2.45, 2.75) is 37.7 Å². The predicted octanol–water partition coefficient (Wildman–Crippen LogP) is 2.36. The summed E-state index contributed by atoms with van der Waals surface area (Å²) in [6.45, 7) is 6.00. The minimum absolute atomic E-state index is 0.145. The number of rotatable bonds is 0. The monoisotopic (exact) mass is 164 g/mol. The number of aliphatic hydroxyl groups excluding tert-OH is 1. The molecule has 0 aromatic rings. The first-order valence-corrected chi connectivity index (χ1v) is 3.69. The van der Waals surface area contributed by atoms with Crippen LogP contribution in [0, 0.1) is 0 Å². The van der Waals surface area contributed by atoms with Crippen molar-refractivity contribution in [1.82, 2.24) is 0 Å². The first kappa shape index (κ1) is 10.6. The average molecular weight is 164 g/mol. The topological polar surface area (TPSA) is 20.2 Å². The Hall–Kier alpha value is -0.440. The number of aliphatic hydroxyl groups is 1. The van der Waals surface area contributed by atoms with E-state index < -0.39 is 12.0 Å². The van der Waals surface area contributed by atoms with Crippen LogP contribution in [0.3, 0.4) is 0 Å². The molecule has 0 heterocycles. The van der Waals surface area contributed by atoms with E-state index in [-0.39, 0.29) is 12.8 Å². The second-order valence-corrected chi connectivity index (χ2v) is 2.52. The largest absolute Gasteiger partial charge is 0.387 e. The number of alkyl halides is 2. The molecule has 1 atom stereocenters. The van der Waals surface area contributed by atoms with Crippen LogP contribution in [0.2, 0.25) is 0 Å². The van der Waals surface area contributed by atoms with Gasteiger partial charge < -0.3 is 5.11 Å².